The zero-order chi connectivity index (χ0) is 18.8. The van der Waals surface area contributed by atoms with E-state index in [4.69, 9.17) is 33.3 Å². The summed E-state index contributed by atoms with van der Waals surface area (Å²) in [6.07, 6.45) is -1.56. The molecule has 10 heteroatoms. The Balaban J connectivity index is 2.04. The van der Waals surface area contributed by atoms with Crippen LogP contribution < -0.4 is 15.4 Å². The number of hydrogen-bond acceptors (Lipinski definition) is 3. The second-order valence-electron chi connectivity index (χ2n) is 5.43. The number of amides is 2. The van der Waals surface area contributed by atoms with E-state index in [9.17, 15) is 18.0 Å². The Bertz CT molecular complexity index is 708. The fourth-order valence-corrected chi connectivity index (χ4v) is 2.39. The van der Waals surface area contributed by atoms with Crippen LogP contribution in [-0.2, 0) is 6.18 Å². The fraction of sp³-hybridized carbons (Fsp3) is 0.333. The summed E-state index contributed by atoms with van der Waals surface area (Å²) in [6, 6.07) is 1.09. The van der Waals surface area contributed by atoms with Crippen LogP contribution in [0.2, 0.25) is 10.0 Å². The summed E-state index contributed by atoms with van der Waals surface area (Å²) >= 11 is 11.5. The maximum absolute atomic E-state index is 12.7. The van der Waals surface area contributed by atoms with E-state index in [-0.39, 0.29) is 21.8 Å². The van der Waals surface area contributed by atoms with Gasteiger partial charge in [0, 0.05) is 17.8 Å². The number of carbonyl (C=O) groups is 1. The molecule has 0 spiro atoms. The number of urea groups is 1. The van der Waals surface area contributed by atoms with E-state index in [1.807, 2.05) is 0 Å². The second-order valence-corrected chi connectivity index (χ2v) is 6.25. The minimum atomic E-state index is -4.60. The lowest BCUT2D eigenvalue weighted by Gasteiger charge is -2.13. The first-order valence-electron chi connectivity index (χ1n) is 7.14. The van der Waals surface area contributed by atoms with Gasteiger partial charge in [-0.2, -0.15) is 13.2 Å². The smallest absolute Gasteiger partial charge is 0.416 e. The standard InChI is InChI=1S/C15H14Cl2F3N3O2/c1-7(22-14(24)23-9-2-3-9)4-12(21)25-13-10(16)5-8(6-11(13)17)15(18,19)20/h4-6,9,21H,2-3H2,1H3,(H2,22,23,24)/b7-4-,21-12?. The van der Waals surface area contributed by atoms with Gasteiger partial charge >= 0.3 is 12.2 Å². The molecule has 136 valence electrons. The lowest BCUT2D eigenvalue weighted by atomic mass is 10.2. The van der Waals surface area contributed by atoms with Gasteiger partial charge < -0.3 is 15.4 Å². The summed E-state index contributed by atoms with van der Waals surface area (Å²) in [5.41, 5.74) is -0.714. The molecule has 0 radical (unpaired) electrons. The van der Waals surface area contributed by atoms with Crippen LogP contribution in [0.3, 0.4) is 0 Å². The van der Waals surface area contributed by atoms with Gasteiger partial charge in [0.05, 0.1) is 15.6 Å². The van der Waals surface area contributed by atoms with Crippen molar-refractivity contribution in [1.29, 1.82) is 5.41 Å². The third-order valence-electron chi connectivity index (χ3n) is 3.11. The number of carbonyl (C=O) groups excluding carboxylic acids is 1. The molecule has 1 aliphatic rings. The Morgan fingerprint density at radius 1 is 1.32 bits per heavy atom. The summed E-state index contributed by atoms with van der Waals surface area (Å²) in [6.45, 7) is 1.53. The van der Waals surface area contributed by atoms with Crippen molar-refractivity contribution in [3.8, 4) is 5.75 Å². The Labute approximate surface area is 151 Å². The highest BCUT2D eigenvalue weighted by Crippen LogP contribution is 2.39. The van der Waals surface area contributed by atoms with Crippen molar-refractivity contribution in [2.45, 2.75) is 32.0 Å². The predicted octanol–water partition coefficient (Wildman–Crippen LogP) is 4.73. The van der Waals surface area contributed by atoms with E-state index in [1.54, 1.807) is 0 Å². The van der Waals surface area contributed by atoms with Crippen molar-refractivity contribution < 1.29 is 22.7 Å². The molecule has 3 N–H and O–H groups in total. The monoisotopic (exact) mass is 395 g/mol. The quantitative estimate of drug-likeness (QED) is 0.508. The lowest BCUT2D eigenvalue weighted by Crippen LogP contribution is -2.35. The van der Waals surface area contributed by atoms with Gasteiger partial charge in [0.1, 0.15) is 0 Å². The molecule has 0 saturated heterocycles. The number of alkyl halides is 3. The molecule has 1 aromatic rings. The van der Waals surface area contributed by atoms with E-state index < -0.39 is 23.7 Å². The molecule has 1 aromatic carbocycles. The third-order valence-corrected chi connectivity index (χ3v) is 3.67. The molecule has 0 atom stereocenters. The first-order valence-corrected chi connectivity index (χ1v) is 7.90. The van der Waals surface area contributed by atoms with Gasteiger partial charge in [0.25, 0.3) is 0 Å². The molecular formula is C15H14Cl2F3N3O2. The predicted molar refractivity (Wildman–Crippen MR) is 88.3 cm³/mol. The van der Waals surface area contributed by atoms with Crippen molar-refractivity contribution in [2.24, 2.45) is 0 Å². The van der Waals surface area contributed by atoms with Gasteiger partial charge in [-0.05, 0) is 31.9 Å². The fourth-order valence-electron chi connectivity index (χ4n) is 1.82. The number of benzene rings is 1. The van der Waals surface area contributed by atoms with Gasteiger partial charge in [0.15, 0.2) is 5.75 Å². The minimum absolute atomic E-state index is 0.174. The van der Waals surface area contributed by atoms with Gasteiger partial charge in [-0.1, -0.05) is 23.2 Å². The first kappa shape index (κ1) is 19.4. The molecule has 0 unspecified atom stereocenters. The highest BCUT2D eigenvalue weighted by molar-refractivity contribution is 6.37. The van der Waals surface area contributed by atoms with Gasteiger partial charge in [-0.3, -0.25) is 5.41 Å². The van der Waals surface area contributed by atoms with Crippen LogP contribution in [0.15, 0.2) is 23.9 Å². The zero-order valence-electron chi connectivity index (χ0n) is 12.9. The first-order chi connectivity index (χ1) is 11.6. The normalized spacial score (nSPS) is 14.9. The highest BCUT2D eigenvalue weighted by Gasteiger charge is 2.32. The zero-order valence-corrected chi connectivity index (χ0v) is 14.4. The molecule has 1 fully saturated rings. The number of hydrogen-bond donors (Lipinski definition) is 3. The maximum Gasteiger partial charge on any atom is 0.416 e. The van der Waals surface area contributed by atoms with Crippen LogP contribution in [0.5, 0.6) is 5.75 Å². The van der Waals surface area contributed by atoms with E-state index in [2.05, 4.69) is 10.6 Å². The molecule has 0 heterocycles. The van der Waals surface area contributed by atoms with Crippen molar-refractivity contribution >= 4 is 35.1 Å². The average molecular weight is 396 g/mol. The molecule has 1 aliphatic carbocycles. The average Bonchev–Trinajstić information content (AvgIpc) is 3.24. The Hall–Kier alpha value is -1.93. The molecule has 1 saturated carbocycles. The maximum atomic E-state index is 12.7. The SMILES string of the molecule is C/C(=C/C(=N)Oc1c(Cl)cc(C(F)(F)F)cc1Cl)NC(=O)NC1CC1. The lowest BCUT2D eigenvalue weighted by molar-refractivity contribution is -0.137. The summed E-state index contributed by atoms with van der Waals surface area (Å²) in [7, 11) is 0. The van der Waals surface area contributed by atoms with Crippen LogP contribution in [0.4, 0.5) is 18.0 Å². The summed E-state index contributed by atoms with van der Waals surface area (Å²) in [5, 5.41) is 12.2. The number of rotatable bonds is 4. The van der Waals surface area contributed by atoms with Crippen LogP contribution in [0.1, 0.15) is 25.3 Å². The van der Waals surface area contributed by atoms with Crippen molar-refractivity contribution in [3.63, 3.8) is 0 Å². The number of nitrogens with one attached hydrogen (secondary N) is 3. The molecular weight excluding hydrogens is 382 g/mol. The van der Waals surface area contributed by atoms with Crippen molar-refractivity contribution in [2.75, 3.05) is 0 Å². The second kappa shape index (κ2) is 7.53. The third kappa shape index (κ3) is 5.82. The highest BCUT2D eigenvalue weighted by atomic mass is 35.5. The van der Waals surface area contributed by atoms with Crippen molar-refractivity contribution in [1.82, 2.24) is 10.6 Å². The number of ether oxygens (including phenoxy) is 1. The summed E-state index contributed by atoms with van der Waals surface area (Å²) in [4.78, 5) is 11.6. The topological polar surface area (TPSA) is 74.2 Å². The number of halogens is 5. The molecule has 0 bridgehead atoms. The van der Waals surface area contributed by atoms with Gasteiger partial charge in [0.2, 0.25) is 5.90 Å². The molecule has 25 heavy (non-hydrogen) atoms. The van der Waals surface area contributed by atoms with Crippen molar-refractivity contribution in [3.05, 3.63) is 39.5 Å². The van der Waals surface area contributed by atoms with E-state index in [0.717, 1.165) is 12.8 Å². The largest absolute Gasteiger partial charge is 0.436 e. The van der Waals surface area contributed by atoms with Gasteiger partial charge in [-0.15, -0.1) is 0 Å². The Morgan fingerprint density at radius 2 is 1.88 bits per heavy atom. The number of allylic oxidation sites excluding steroid dienone is 1. The minimum Gasteiger partial charge on any atom is -0.436 e. The van der Waals surface area contributed by atoms with Crippen LogP contribution in [-0.4, -0.2) is 18.0 Å². The van der Waals surface area contributed by atoms with Crippen LogP contribution >= 0.6 is 23.2 Å². The summed E-state index contributed by atoms with van der Waals surface area (Å²) in [5.74, 6) is -0.722. The Kier molecular flexibility index (Phi) is 5.84. The van der Waals surface area contributed by atoms with Crippen LogP contribution in [0, 0.1) is 5.41 Å². The van der Waals surface area contributed by atoms with E-state index >= 15 is 0 Å². The Morgan fingerprint density at radius 3 is 2.36 bits per heavy atom. The van der Waals surface area contributed by atoms with Crippen LogP contribution in [0.25, 0.3) is 0 Å². The molecule has 0 aromatic heterocycles. The molecule has 2 amide bonds. The van der Waals surface area contributed by atoms with E-state index in [0.29, 0.717) is 17.8 Å². The van der Waals surface area contributed by atoms with E-state index in [1.165, 1.54) is 13.0 Å². The molecule has 0 aliphatic heterocycles. The molecule has 5 nitrogen and oxygen atoms in total. The van der Waals surface area contributed by atoms with Gasteiger partial charge in [-0.25, -0.2) is 4.79 Å². The molecule has 2 rings (SSSR count). The summed E-state index contributed by atoms with van der Waals surface area (Å²) < 4.78 is 43.1.